The highest BCUT2D eigenvalue weighted by Gasteiger charge is 2.46. The minimum Gasteiger partial charge on any atom is -0.289 e. The van der Waals surface area contributed by atoms with Gasteiger partial charge in [0.05, 0.1) is 61.4 Å². The molecule has 0 fully saturated rings. The van der Waals surface area contributed by atoms with E-state index in [0.29, 0.717) is 24.2 Å². The number of aryl methyl sites for hydroxylation is 2. The van der Waals surface area contributed by atoms with E-state index in [0.717, 1.165) is 37.0 Å². The first-order valence-electron chi connectivity index (χ1n) is 22.6. The van der Waals surface area contributed by atoms with Crippen LogP contribution >= 0.6 is 0 Å². The first kappa shape index (κ1) is 44.2. The van der Waals surface area contributed by atoms with Crippen molar-refractivity contribution in [2.24, 2.45) is 0 Å². The molecule has 4 aliphatic heterocycles. The molecule has 346 valence electrons. The number of carbonyl (C=O) groups excluding carboxylic acids is 10. The Morgan fingerprint density at radius 3 is 1.37 bits per heavy atom. The predicted molar refractivity (Wildman–Crippen MR) is 258 cm³/mol. The molecular formula is C57H38N4O10. The Bertz CT molecular complexity index is 3660. The first-order chi connectivity index (χ1) is 33.9. The number of ketones is 2. The van der Waals surface area contributed by atoms with E-state index >= 15 is 0 Å². The maximum Gasteiger partial charge on any atom is 0.266 e. The molecule has 6 aromatic rings. The Labute approximate surface area is 405 Å². The lowest BCUT2D eigenvalue weighted by Gasteiger charge is -2.36. The van der Waals surface area contributed by atoms with Crippen molar-refractivity contribution in [3.63, 3.8) is 0 Å². The summed E-state index contributed by atoms with van der Waals surface area (Å²) < 4.78 is 0. The molecule has 71 heavy (non-hydrogen) atoms. The number of hydrogen-bond donors (Lipinski definition) is 0. The monoisotopic (exact) mass is 938 g/mol. The van der Waals surface area contributed by atoms with Gasteiger partial charge in [-0.1, -0.05) is 60.7 Å². The number of anilines is 2. The van der Waals surface area contributed by atoms with Crippen molar-refractivity contribution < 1.29 is 47.9 Å². The number of allylic oxidation sites excluding steroid dienone is 2. The number of rotatable bonds is 9. The maximum atomic E-state index is 14.0. The van der Waals surface area contributed by atoms with Crippen LogP contribution in [0.25, 0.3) is 0 Å². The van der Waals surface area contributed by atoms with Crippen LogP contribution in [0.2, 0.25) is 0 Å². The van der Waals surface area contributed by atoms with Crippen molar-refractivity contribution >= 4 is 70.2 Å². The average Bonchev–Trinajstić information content (AvgIpc) is 3.97. The summed E-state index contributed by atoms with van der Waals surface area (Å²) in [5.74, 6) is -5.20. The molecule has 1 unspecified atom stereocenters. The molecule has 0 aromatic heterocycles. The predicted octanol–water partition coefficient (Wildman–Crippen LogP) is 8.08. The van der Waals surface area contributed by atoms with Crippen LogP contribution in [0, 0.1) is 13.8 Å². The minimum atomic E-state index is -1.03. The van der Waals surface area contributed by atoms with Crippen LogP contribution in [0.4, 0.5) is 11.4 Å². The molecule has 0 saturated carbocycles. The topological polar surface area (TPSA) is 184 Å². The van der Waals surface area contributed by atoms with Gasteiger partial charge in [0.25, 0.3) is 47.3 Å². The zero-order chi connectivity index (χ0) is 49.9. The third-order valence-corrected chi connectivity index (χ3v) is 14.1. The van der Waals surface area contributed by atoms with Gasteiger partial charge in [-0.25, -0.2) is 9.80 Å². The molecule has 0 bridgehead atoms. The molecule has 0 N–H and O–H groups in total. The van der Waals surface area contributed by atoms with E-state index in [1.54, 1.807) is 49.4 Å². The summed E-state index contributed by atoms with van der Waals surface area (Å²) in [6, 6.07) is 29.3. The molecule has 0 spiro atoms. The largest absolute Gasteiger partial charge is 0.289 e. The molecule has 11 rings (SSSR count). The normalized spacial score (nSPS) is 17.9. The zero-order valence-electron chi connectivity index (χ0n) is 38.5. The molecule has 6 aromatic carbocycles. The van der Waals surface area contributed by atoms with Crippen LogP contribution in [-0.4, -0.2) is 81.2 Å². The Hall–Kier alpha value is -9.30. The van der Waals surface area contributed by atoms with Crippen LogP contribution < -0.4 is 9.80 Å². The van der Waals surface area contributed by atoms with Gasteiger partial charge in [-0.15, -0.1) is 0 Å². The summed E-state index contributed by atoms with van der Waals surface area (Å²) in [7, 11) is 1.36. The van der Waals surface area contributed by atoms with E-state index in [-0.39, 0.29) is 66.8 Å². The molecule has 8 amide bonds. The van der Waals surface area contributed by atoms with Gasteiger partial charge in [0, 0.05) is 29.3 Å². The summed E-state index contributed by atoms with van der Waals surface area (Å²) in [5.41, 5.74) is 4.98. The molecule has 14 heteroatoms. The van der Waals surface area contributed by atoms with Crippen LogP contribution in [0.5, 0.6) is 0 Å². The van der Waals surface area contributed by atoms with Gasteiger partial charge in [-0.2, -0.15) is 0 Å². The highest BCUT2D eigenvalue weighted by atomic mass is 16.2. The third kappa shape index (κ3) is 6.78. The maximum absolute atomic E-state index is 14.0. The second-order valence-corrected chi connectivity index (χ2v) is 18.5. The number of hydrogen-bond acceptors (Lipinski definition) is 10. The molecule has 0 saturated heterocycles. The minimum absolute atomic E-state index is 0.0548. The van der Waals surface area contributed by atoms with Gasteiger partial charge in [-0.05, 0) is 129 Å². The molecule has 4 heterocycles. The molecule has 5 aliphatic rings. The van der Waals surface area contributed by atoms with E-state index in [9.17, 15) is 47.9 Å². The first-order valence-corrected chi connectivity index (χ1v) is 22.6. The Morgan fingerprint density at radius 1 is 0.465 bits per heavy atom. The number of nitrogens with zero attached hydrogens (tertiary/aromatic N) is 4. The summed E-state index contributed by atoms with van der Waals surface area (Å²) in [6.07, 6.45) is 6.35. The van der Waals surface area contributed by atoms with Crippen molar-refractivity contribution in [2.45, 2.75) is 39.2 Å². The van der Waals surface area contributed by atoms with Crippen molar-refractivity contribution in [3.8, 4) is 0 Å². The molecule has 0 radical (unpaired) electrons. The van der Waals surface area contributed by atoms with Crippen molar-refractivity contribution in [1.82, 2.24) is 9.80 Å². The molecular weight excluding hydrogens is 901 g/mol. The standard InChI is InChI=1S/C57H38N4O10/c1-29-5-12-38(23-30(29)2)60-52(67)41-17-10-35(27-45(41)54(60)69)48(63)36-11-18-42-46(28-36)56(71)61(55(42)70)57(3)21-19-32(20-22-57)24-31-6-13-37(14-7-31)59-51(66)40-16-9-34(26-44(40)53(59)68)47(62)33-8-15-39-43(25-33)50(65)58(4)49(39)64/h5-21,23,25-28H,22,24H2,1-4H3. The van der Waals surface area contributed by atoms with Gasteiger partial charge >= 0.3 is 0 Å². The Balaban J connectivity index is 0.744. The highest BCUT2D eigenvalue weighted by molar-refractivity contribution is 6.36. The number of carbonyl (C=O) groups is 10. The van der Waals surface area contributed by atoms with E-state index in [1.165, 1.54) is 84.7 Å². The van der Waals surface area contributed by atoms with E-state index in [2.05, 4.69) is 0 Å². The fraction of sp³-hybridized carbons (Fsp3) is 0.123. The van der Waals surface area contributed by atoms with Crippen molar-refractivity contribution in [1.29, 1.82) is 0 Å². The van der Waals surface area contributed by atoms with Gasteiger partial charge < -0.3 is 0 Å². The van der Waals surface area contributed by atoms with E-state index in [1.807, 2.05) is 32.1 Å². The van der Waals surface area contributed by atoms with Gasteiger partial charge in [0.1, 0.15) is 0 Å². The fourth-order valence-corrected chi connectivity index (χ4v) is 9.84. The molecule has 14 nitrogen and oxygen atoms in total. The second kappa shape index (κ2) is 15.9. The summed E-state index contributed by atoms with van der Waals surface area (Å²) in [4.78, 5) is 139. The second-order valence-electron chi connectivity index (χ2n) is 18.5. The van der Waals surface area contributed by atoms with Crippen molar-refractivity contribution in [3.05, 3.63) is 223 Å². The van der Waals surface area contributed by atoms with Gasteiger partial charge in [-0.3, -0.25) is 57.7 Å². The van der Waals surface area contributed by atoms with E-state index < -0.39 is 64.4 Å². The number of amides is 8. The van der Waals surface area contributed by atoms with Gasteiger partial charge in [0.15, 0.2) is 11.6 Å². The average molecular weight is 939 g/mol. The molecule has 1 aliphatic carbocycles. The highest BCUT2D eigenvalue weighted by Crippen LogP contribution is 2.38. The summed E-state index contributed by atoms with van der Waals surface area (Å²) in [6.45, 7) is 5.60. The zero-order valence-corrected chi connectivity index (χ0v) is 38.5. The van der Waals surface area contributed by atoms with Crippen molar-refractivity contribution in [2.75, 3.05) is 16.8 Å². The Kier molecular flexibility index (Phi) is 9.89. The molecule has 1 atom stereocenters. The van der Waals surface area contributed by atoms with Crippen LogP contribution in [0.1, 0.15) is 145 Å². The SMILES string of the molecule is Cc1ccc(N2C(=O)c3ccc(C(=O)c4ccc5c(c4)C(=O)N(C4(C)C=CC(Cc6ccc(N7C(=O)c8ccc(C(=O)c9ccc%10c(c9)C(=O)N(C)C%10=O)cc8C7=O)cc6)=CC4)C5=O)cc3C2=O)cc1C. The Morgan fingerprint density at radius 2 is 0.873 bits per heavy atom. The lowest BCUT2D eigenvalue weighted by Crippen LogP contribution is -2.48. The van der Waals surface area contributed by atoms with Crippen LogP contribution in [0.15, 0.2) is 139 Å². The lowest BCUT2D eigenvalue weighted by atomic mass is 9.87. The lowest BCUT2D eigenvalue weighted by molar-refractivity contribution is 0.0518. The number of benzene rings is 6. The van der Waals surface area contributed by atoms with Gasteiger partial charge in [0.2, 0.25) is 0 Å². The number of fused-ring (bicyclic) bond motifs is 4. The summed E-state index contributed by atoms with van der Waals surface area (Å²) in [5, 5.41) is 0. The third-order valence-electron chi connectivity index (χ3n) is 14.1. The van der Waals surface area contributed by atoms with Crippen LogP contribution in [-0.2, 0) is 6.42 Å². The van der Waals surface area contributed by atoms with Crippen LogP contribution in [0.3, 0.4) is 0 Å². The number of imide groups is 4. The summed E-state index contributed by atoms with van der Waals surface area (Å²) >= 11 is 0. The fourth-order valence-electron chi connectivity index (χ4n) is 9.84. The quantitative estimate of drug-likeness (QED) is 0.101. The van der Waals surface area contributed by atoms with E-state index in [4.69, 9.17) is 0 Å². The smallest absolute Gasteiger partial charge is 0.266 e.